The zero-order chi connectivity index (χ0) is 16.4. The van der Waals surface area contributed by atoms with Crippen molar-refractivity contribution in [3.8, 4) is 0 Å². The Bertz CT molecular complexity index is 568. The minimum atomic E-state index is -0.229. The van der Waals surface area contributed by atoms with E-state index in [0.717, 1.165) is 11.1 Å². The quantitative estimate of drug-likeness (QED) is 0.587. The lowest BCUT2D eigenvalue weighted by molar-refractivity contribution is 0.130. The molecule has 1 aromatic rings. The van der Waals surface area contributed by atoms with E-state index in [9.17, 15) is 5.11 Å². The predicted octanol–water partition coefficient (Wildman–Crippen LogP) is 1.94. The molecule has 120 valence electrons. The third kappa shape index (κ3) is 5.17. The van der Waals surface area contributed by atoms with E-state index in [0.29, 0.717) is 17.1 Å². The Morgan fingerprint density at radius 1 is 1.00 bits per heavy atom. The van der Waals surface area contributed by atoms with E-state index >= 15 is 0 Å². The third-order valence-electron chi connectivity index (χ3n) is 2.85. The summed E-state index contributed by atoms with van der Waals surface area (Å²) in [5, 5.41) is 20.9. The highest BCUT2D eigenvalue weighted by Gasteiger charge is 2.09. The minimum absolute atomic E-state index is 0.229. The van der Waals surface area contributed by atoms with Gasteiger partial charge in [0.05, 0.1) is 6.61 Å². The molecule has 1 N–H and O–H groups in total. The molecule has 0 amide bonds. The van der Waals surface area contributed by atoms with Crippen molar-refractivity contribution in [1.29, 1.82) is 0 Å². The van der Waals surface area contributed by atoms with E-state index in [1.54, 1.807) is 13.8 Å². The Hall–Kier alpha value is -2.41. The second kappa shape index (κ2) is 9.51. The fraction of sp³-hybridized carbons (Fsp3) is 0.400. The molecule has 0 saturated carbocycles. The zero-order valence-electron chi connectivity index (χ0n) is 13.2. The second-order valence-electron chi connectivity index (χ2n) is 4.35. The molecule has 0 atom stereocenters. The van der Waals surface area contributed by atoms with Gasteiger partial charge in [-0.3, -0.25) is 0 Å². The van der Waals surface area contributed by atoms with Crippen LogP contribution in [0.4, 0.5) is 0 Å². The summed E-state index contributed by atoms with van der Waals surface area (Å²) in [5.74, 6) is 0. The van der Waals surface area contributed by atoms with E-state index in [1.807, 2.05) is 24.3 Å². The molecule has 0 fully saturated rings. The number of aliphatic hydroxyl groups excluding tert-OH is 1. The second-order valence-corrected chi connectivity index (χ2v) is 4.35. The van der Waals surface area contributed by atoms with Crippen LogP contribution < -0.4 is 0 Å². The molecule has 22 heavy (non-hydrogen) atoms. The molecule has 1 aromatic carbocycles. The molecule has 0 radical (unpaired) electrons. The molecular weight excluding hydrogens is 286 g/mol. The molecule has 1 rings (SSSR count). The Morgan fingerprint density at radius 3 is 2.27 bits per heavy atom. The lowest BCUT2D eigenvalue weighted by atomic mass is 10.0. The molecule has 0 aliphatic carbocycles. The van der Waals surface area contributed by atoms with Crippen molar-refractivity contribution in [2.75, 3.05) is 20.8 Å². The van der Waals surface area contributed by atoms with Gasteiger partial charge in [0.25, 0.3) is 0 Å². The first-order valence-electron chi connectivity index (χ1n) is 6.67. The number of hydrogen-bond acceptors (Lipinski definition) is 7. The van der Waals surface area contributed by atoms with Crippen molar-refractivity contribution >= 4 is 17.1 Å². The molecule has 0 heterocycles. The van der Waals surface area contributed by atoms with Gasteiger partial charge < -0.3 is 19.6 Å². The summed E-state index contributed by atoms with van der Waals surface area (Å²) in [6, 6.07) is 7.43. The number of benzene rings is 1. The largest absolute Gasteiger partial charge is 0.399 e. The van der Waals surface area contributed by atoms with Crippen LogP contribution in [0.3, 0.4) is 0 Å². The fourth-order valence-corrected chi connectivity index (χ4v) is 1.67. The molecule has 0 aromatic heterocycles. The zero-order valence-corrected chi connectivity index (χ0v) is 13.2. The topological polar surface area (TPSA) is 85.0 Å². The van der Waals surface area contributed by atoms with Crippen LogP contribution in [0.2, 0.25) is 0 Å². The van der Waals surface area contributed by atoms with Gasteiger partial charge in [-0.1, -0.05) is 39.7 Å². The third-order valence-corrected chi connectivity index (χ3v) is 2.85. The number of hydrogen-bond donors (Lipinski definition) is 1. The van der Waals surface area contributed by atoms with Crippen molar-refractivity contribution in [1.82, 2.24) is 0 Å². The van der Waals surface area contributed by atoms with Crippen LogP contribution in [-0.4, -0.2) is 43.1 Å². The molecule has 7 heteroatoms. The van der Waals surface area contributed by atoms with Crippen LogP contribution >= 0.6 is 0 Å². The average Bonchev–Trinajstić information content (AvgIpc) is 2.53. The maximum Gasteiger partial charge on any atom is 0.142 e. The summed E-state index contributed by atoms with van der Waals surface area (Å²) in [4.78, 5) is 14.7. The Kier molecular flexibility index (Phi) is 7.63. The Balaban J connectivity index is 2.85. The van der Waals surface area contributed by atoms with Crippen LogP contribution in [0.25, 0.3) is 0 Å². The normalized spacial score (nSPS) is 13.0. The summed E-state index contributed by atoms with van der Waals surface area (Å²) in [6.45, 7) is 3.55. The van der Waals surface area contributed by atoms with Crippen LogP contribution in [0.5, 0.6) is 0 Å². The van der Waals surface area contributed by atoms with Crippen molar-refractivity contribution in [2.45, 2.75) is 20.5 Å². The summed E-state index contributed by atoms with van der Waals surface area (Å²) < 4.78 is 0. The van der Waals surface area contributed by atoms with Gasteiger partial charge in [-0.2, -0.15) is 0 Å². The maximum atomic E-state index is 9.37. The van der Waals surface area contributed by atoms with E-state index in [2.05, 4.69) is 20.3 Å². The number of nitrogens with zero attached hydrogens (tertiary/aromatic N) is 3. The number of rotatable bonds is 8. The van der Waals surface area contributed by atoms with Gasteiger partial charge in [-0.25, -0.2) is 0 Å². The predicted molar refractivity (Wildman–Crippen MR) is 85.1 cm³/mol. The van der Waals surface area contributed by atoms with Gasteiger partial charge in [-0.05, 0) is 13.8 Å². The number of aliphatic hydroxyl groups is 1. The van der Waals surface area contributed by atoms with E-state index in [1.165, 1.54) is 14.2 Å². The Morgan fingerprint density at radius 2 is 1.64 bits per heavy atom. The summed E-state index contributed by atoms with van der Waals surface area (Å²) in [5.41, 5.74) is 3.27. The van der Waals surface area contributed by atoms with Crippen LogP contribution in [0.15, 0.2) is 39.7 Å². The molecule has 0 bridgehead atoms. The van der Waals surface area contributed by atoms with E-state index in [-0.39, 0.29) is 13.2 Å². The van der Waals surface area contributed by atoms with Crippen molar-refractivity contribution in [3.63, 3.8) is 0 Å². The molecule has 0 aliphatic rings. The van der Waals surface area contributed by atoms with Gasteiger partial charge in [0, 0.05) is 11.1 Å². The minimum Gasteiger partial charge on any atom is -0.399 e. The van der Waals surface area contributed by atoms with Crippen molar-refractivity contribution < 1.29 is 19.6 Å². The summed E-state index contributed by atoms with van der Waals surface area (Å²) in [6.07, 6.45) is 0. The van der Waals surface area contributed by atoms with E-state index < -0.39 is 0 Å². The molecule has 0 spiro atoms. The van der Waals surface area contributed by atoms with Gasteiger partial charge in [0.2, 0.25) is 0 Å². The SMILES string of the molecule is CO/N=C(C)/C(C)=N/OCc1ccccc1/C(CO)=N\OC. The first-order chi connectivity index (χ1) is 10.6. The maximum absolute atomic E-state index is 9.37. The highest BCUT2D eigenvalue weighted by atomic mass is 16.6. The highest BCUT2D eigenvalue weighted by Crippen LogP contribution is 2.12. The van der Waals surface area contributed by atoms with Gasteiger partial charge >= 0.3 is 0 Å². The fourth-order valence-electron chi connectivity index (χ4n) is 1.67. The standard InChI is InChI=1S/C15H21N3O4/c1-11(16-20-3)12(2)17-22-10-13-7-5-6-8-14(13)15(9-19)18-21-4/h5-8,19H,9-10H2,1-4H3/b16-11+,17-12+,18-15-. The molecule has 7 nitrogen and oxygen atoms in total. The lowest BCUT2D eigenvalue weighted by Crippen LogP contribution is -2.11. The van der Waals surface area contributed by atoms with Crippen LogP contribution in [0, 0.1) is 0 Å². The summed E-state index contributed by atoms with van der Waals surface area (Å²) >= 11 is 0. The molecule has 0 unspecified atom stereocenters. The van der Waals surface area contributed by atoms with Crippen molar-refractivity contribution in [2.24, 2.45) is 15.5 Å². The lowest BCUT2D eigenvalue weighted by Gasteiger charge is -2.09. The smallest absolute Gasteiger partial charge is 0.142 e. The molecular formula is C15H21N3O4. The monoisotopic (exact) mass is 307 g/mol. The highest BCUT2D eigenvalue weighted by molar-refractivity contribution is 6.40. The van der Waals surface area contributed by atoms with Crippen molar-refractivity contribution in [3.05, 3.63) is 35.4 Å². The van der Waals surface area contributed by atoms with E-state index in [4.69, 9.17) is 9.68 Å². The first kappa shape index (κ1) is 17.6. The number of oxime groups is 3. The Labute approximate surface area is 129 Å². The average molecular weight is 307 g/mol. The first-order valence-corrected chi connectivity index (χ1v) is 6.67. The summed E-state index contributed by atoms with van der Waals surface area (Å²) in [7, 11) is 2.90. The molecule has 0 saturated heterocycles. The van der Waals surface area contributed by atoms with Crippen LogP contribution in [0.1, 0.15) is 25.0 Å². The van der Waals surface area contributed by atoms with Gasteiger partial charge in [0.1, 0.15) is 38.0 Å². The van der Waals surface area contributed by atoms with Crippen LogP contribution in [-0.2, 0) is 21.1 Å². The molecule has 0 aliphatic heterocycles. The van der Waals surface area contributed by atoms with Gasteiger partial charge in [-0.15, -0.1) is 0 Å². The van der Waals surface area contributed by atoms with Gasteiger partial charge in [0.15, 0.2) is 0 Å².